The summed E-state index contributed by atoms with van der Waals surface area (Å²) < 4.78 is 1.92. The van der Waals surface area contributed by atoms with E-state index in [1.54, 1.807) is 12.1 Å². The van der Waals surface area contributed by atoms with E-state index in [9.17, 15) is 14.7 Å². The molecule has 1 aromatic heterocycles. The molecule has 1 N–H and O–H groups in total. The van der Waals surface area contributed by atoms with Crippen LogP contribution in [0.25, 0.3) is 0 Å². The Labute approximate surface area is 140 Å². The molecule has 1 amide bonds. The molecule has 2 heterocycles. The molecule has 1 aliphatic heterocycles. The lowest BCUT2D eigenvalue weighted by Gasteiger charge is -2.21. The summed E-state index contributed by atoms with van der Waals surface area (Å²) in [5.74, 6) is -1.14. The molecule has 0 bridgehead atoms. The Hall–Kier alpha value is -2.63. The SMILES string of the molecule is Cc1cc(C)n(Cc2ccc(C(=O)N3CCC[C@H]3C(=O)O)cc2)n1. The first-order chi connectivity index (χ1) is 11.5. The standard InChI is InChI=1S/C18H21N3O3/c1-12-10-13(2)21(19-12)11-14-5-7-15(8-6-14)17(22)20-9-3-4-16(20)18(23)24/h5-8,10,16H,3-4,9,11H2,1-2H3,(H,23,24)/t16-/m0/s1. The number of aromatic nitrogens is 2. The lowest BCUT2D eigenvalue weighted by atomic mass is 10.1. The number of benzene rings is 1. The Morgan fingerprint density at radius 3 is 2.54 bits per heavy atom. The van der Waals surface area contributed by atoms with Gasteiger partial charge in [-0.2, -0.15) is 5.10 Å². The third-order valence-electron chi connectivity index (χ3n) is 4.44. The van der Waals surface area contributed by atoms with E-state index in [1.165, 1.54) is 4.90 Å². The van der Waals surface area contributed by atoms with Gasteiger partial charge in [-0.25, -0.2) is 4.79 Å². The van der Waals surface area contributed by atoms with Crippen LogP contribution >= 0.6 is 0 Å². The van der Waals surface area contributed by atoms with E-state index in [0.29, 0.717) is 25.1 Å². The lowest BCUT2D eigenvalue weighted by Crippen LogP contribution is -2.40. The largest absolute Gasteiger partial charge is 0.480 e. The number of carboxylic acids is 1. The van der Waals surface area contributed by atoms with Crippen LogP contribution in [-0.4, -0.2) is 44.3 Å². The van der Waals surface area contributed by atoms with Gasteiger partial charge in [0.15, 0.2) is 0 Å². The zero-order valence-corrected chi connectivity index (χ0v) is 13.9. The first-order valence-electron chi connectivity index (χ1n) is 8.09. The van der Waals surface area contributed by atoms with Crippen LogP contribution in [0.3, 0.4) is 0 Å². The molecule has 24 heavy (non-hydrogen) atoms. The zero-order valence-electron chi connectivity index (χ0n) is 13.9. The Morgan fingerprint density at radius 1 is 1.25 bits per heavy atom. The van der Waals surface area contributed by atoms with Gasteiger partial charge in [0.1, 0.15) is 6.04 Å². The highest BCUT2D eigenvalue weighted by Crippen LogP contribution is 2.20. The van der Waals surface area contributed by atoms with E-state index < -0.39 is 12.0 Å². The highest BCUT2D eigenvalue weighted by molar-refractivity contribution is 5.97. The number of rotatable bonds is 4. The maximum Gasteiger partial charge on any atom is 0.326 e. The molecule has 0 unspecified atom stereocenters. The molecule has 0 aliphatic carbocycles. The highest BCUT2D eigenvalue weighted by atomic mass is 16.4. The fourth-order valence-corrected chi connectivity index (χ4v) is 3.19. The summed E-state index contributed by atoms with van der Waals surface area (Å²) in [6.45, 7) is 5.12. The van der Waals surface area contributed by atoms with Gasteiger partial charge >= 0.3 is 5.97 Å². The minimum Gasteiger partial charge on any atom is -0.480 e. The molecule has 126 valence electrons. The molecule has 3 rings (SSSR count). The lowest BCUT2D eigenvalue weighted by molar-refractivity contribution is -0.141. The van der Waals surface area contributed by atoms with Gasteiger partial charge in [0.05, 0.1) is 12.2 Å². The molecule has 0 radical (unpaired) electrons. The van der Waals surface area contributed by atoms with Crippen molar-refractivity contribution in [2.75, 3.05) is 6.54 Å². The monoisotopic (exact) mass is 327 g/mol. The minimum atomic E-state index is -0.929. The first kappa shape index (κ1) is 16.2. The molecule has 6 nitrogen and oxygen atoms in total. The van der Waals surface area contributed by atoms with Gasteiger partial charge in [-0.15, -0.1) is 0 Å². The normalized spacial score (nSPS) is 17.2. The topological polar surface area (TPSA) is 75.4 Å². The van der Waals surface area contributed by atoms with Crippen molar-refractivity contribution >= 4 is 11.9 Å². The van der Waals surface area contributed by atoms with Crippen molar-refractivity contribution in [2.45, 2.75) is 39.3 Å². The quantitative estimate of drug-likeness (QED) is 0.934. The first-order valence-corrected chi connectivity index (χ1v) is 8.09. The second-order valence-electron chi connectivity index (χ2n) is 6.28. The molecule has 1 aromatic carbocycles. The molecule has 1 atom stereocenters. The Balaban J connectivity index is 1.73. The average molecular weight is 327 g/mol. The summed E-state index contributed by atoms with van der Waals surface area (Å²) in [7, 11) is 0. The van der Waals surface area contributed by atoms with Crippen LogP contribution in [0, 0.1) is 13.8 Å². The molecular weight excluding hydrogens is 306 g/mol. The van der Waals surface area contributed by atoms with E-state index in [0.717, 1.165) is 23.4 Å². The second-order valence-corrected chi connectivity index (χ2v) is 6.28. The molecule has 6 heteroatoms. The van der Waals surface area contributed by atoms with Gasteiger partial charge in [-0.1, -0.05) is 12.1 Å². The van der Waals surface area contributed by atoms with E-state index in [1.807, 2.05) is 36.7 Å². The predicted octanol–water partition coefficient (Wildman–Crippen LogP) is 2.24. The van der Waals surface area contributed by atoms with E-state index >= 15 is 0 Å². The van der Waals surface area contributed by atoms with Crippen LogP contribution in [0.1, 0.15) is 40.2 Å². The van der Waals surface area contributed by atoms with Crippen LogP contribution < -0.4 is 0 Å². The third kappa shape index (κ3) is 3.18. The van der Waals surface area contributed by atoms with E-state index in [4.69, 9.17) is 0 Å². The molecule has 1 aliphatic rings. The van der Waals surface area contributed by atoms with Crippen molar-refractivity contribution in [3.8, 4) is 0 Å². The number of hydrogen-bond acceptors (Lipinski definition) is 3. The van der Waals surface area contributed by atoms with Crippen LogP contribution in [0.5, 0.6) is 0 Å². The fourth-order valence-electron chi connectivity index (χ4n) is 3.19. The van der Waals surface area contributed by atoms with Crippen LogP contribution in [-0.2, 0) is 11.3 Å². The summed E-state index contributed by atoms with van der Waals surface area (Å²) in [5.41, 5.74) is 3.65. The number of carbonyl (C=O) groups is 2. The van der Waals surface area contributed by atoms with Crippen molar-refractivity contribution in [3.63, 3.8) is 0 Å². The van der Waals surface area contributed by atoms with Crippen LogP contribution in [0.15, 0.2) is 30.3 Å². The number of aliphatic carboxylic acids is 1. The number of amides is 1. The summed E-state index contributed by atoms with van der Waals surface area (Å²) in [6.07, 6.45) is 1.26. The van der Waals surface area contributed by atoms with Gasteiger partial charge in [0.2, 0.25) is 0 Å². The van der Waals surface area contributed by atoms with Crippen molar-refractivity contribution in [3.05, 3.63) is 52.8 Å². The summed E-state index contributed by atoms with van der Waals surface area (Å²) >= 11 is 0. The molecule has 1 fully saturated rings. The van der Waals surface area contributed by atoms with Crippen LogP contribution in [0.4, 0.5) is 0 Å². The van der Waals surface area contributed by atoms with Crippen LogP contribution in [0.2, 0.25) is 0 Å². The van der Waals surface area contributed by atoms with Gasteiger partial charge in [0.25, 0.3) is 5.91 Å². The van der Waals surface area contributed by atoms with E-state index in [2.05, 4.69) is 5.10 Å². The van der Waals surface area contributed by atoms with E-state index in [-0.39, 0.29) is 5.91 Å². The Morgan fingerprint density at radius 2 is 1.96 bits per heavy atom. The van der Waals surface area contributed by atoms with Crippen molar-refractivity contribution < 1.29 is 14.7 Å². The molecule has 2 aromatic rings. The van der Waals surface area contributed by atoms with Gasteiger partial charge < -0.3 is 10.0 Å². The smallest absolute Gasteiger partial charge is 0.326 e. The van der Waals surface area contributed by atoms with Gasteiger partial charge in [-0.3, -0.25) is 9.48 Å². The van der Waals surface area contributed by atoms with Crippen molar-refractivity contribution in [2.24, 2.45) is 0 Å². The van der Waals surface area contributed by atoms with Crippen molar-refractivity contribution in [1.82, 2.24) is 14.7 Å². The van der Waals surface area contributed by atoms with Gasteiger partial charge in [0, 0.05) is 17.8 Å². The molecular formula is C18H21N3O3. The summed E-state index contributed by atoms with van der Waals surface area (Å²) in [5, 5.41) is 13.6. The number of nitrogens with zero attached hydrogens (tertiary/aromatic N) is 3. The maximum absolute atomic E-state index is 12.5. The fraction of sp³-hybridized carbons (Fsp3) is 0.389. The number of likely N-dealkylation sites (tertiary alicyclic amines) is 1. The number of carboxylic acid groups (broad SMARTS) is 1. The Kier molecular flexibility index (Phi) is 4.38. The summed E-state index contributed by atoms with van der Waals surface area (Å²) in [4.78, 5) is 25.2. The molecule has 0 spiro atoms. The summed E-state index contributed by atoms with van der Waals surface area (Å²) in [6, 6.07) is 8.65. The number of hydrogen-bond donors (Lipinski definition) is 1. The number of aryl methyl sites for hydroxylation is 2. The third-order valence-corrected chi connectivity index (χ3v) is 4.44. The molecule has 1 saturated heterocycles. The highest BCUT2D eigenvalue weighted by Gasteiger charge is 2.34. The van der Waals surface area contributed by atoms with Crippen molar-refractivity contribution in [1.29, 1.82) is 0 Å². The number of carbonyl (C=O) groups excluding carboxylic acids is 1. The Bertz CT molecular complexity index is 764. The predicted molar refractivity (Wildman–Crippen MR) is 88.9 cm³/mol. The molecule has 0 saturated carbocycles. The maximum atomic E-state index is 12.5. The average Bonchev–Trinajstić information content (AvgIpc) is 3.14. The van der Waals surface area contributed by atoms with Gasteiger partial charge in [-0.05, 0) is 50.5 Å². The minimum absolute atomic E-state index is 0.211. The zero-order chi connectivity index (χ0) is 17.3. The second kappa shape index (κ2) is 6.47.